The van der Waals surface area contributed by atoms with Crippen LogP contribution in [0.3, 0.4) is 0 Å². The zero-order valence-corrected chi connectivity index (χ0v) is 9.58. The Bertz CT molecular complexity index is 335. The van der Waals surface area contributed by atoms with Gasteiger partial charge in [0.05, 0.1) is 12.1 Å². The standard InChI is InChI=1S/C11H15ClN2O/c1-7(13)11(15)14-8(2)9-3-5-10(12)6-4-9/h3-8H,13H2,1-2H3,(H,14,15). The van der Waals surface area contributed by atoms with E-state index < -0.39 is 6.04 Å². The molecule has 0 heterocycles. The van der Waals surface area contributed by atoms with Gasteiger partial charge in [-0.2, -0.15) is 0 Å². The maximum Gasteiger partial charge on any atom is 0.237 e. The highest BCUT2D eigenvalue weighted by atomic mass is 35.5. The summed E-state index contributed by atoms with van der Waals surface area (Å²) in [6.45, 7) is 3.56. The van der Waals surface area contributed by atoms with Crippen molar-refractivity contribution in [2.45, 2.75) is 25.9 Å². The van der Waals surface area contributed by atoms with Gasteiger partial charge in [0.25, 0.3) is 0 Å². The van der Waals surface area contributed by atoms with Gasteiger partial charge in [0.2, 0.25) is 5.91 Å². The molecule has 0 fully saturated rings. The van der Waals surface area contributed by atoms with E-state index in [1.165, 1.54) is 0 Å². The summed E-state index contributed by atoms with van der Waals surface area (Å²) in [4.78, 5) is 11.3. The monoisotopic (exact) mass is 226 g/mol. The molecule has 0 aliphatic heterocycles. The van der Waals surface area contributed by atoms with Gasteiger partial charge in [0, 0.05) is 5.02 Å². The molecule has 0 saturated carbocycles. The van der Waals surface area contributed by atoms with Crippen molar-refractivity contribution < 1.29 is 4.79 Å². The number of hydrogen-bond acceptors (Lipinski definition) is 2. The lowest BCUT2D eigenvalue weighted by molar-refractivity contribution is -0.122. The highest BCUT2D eigenvalue weighted by Gasteiger charge is 2.12. The Labute approximate surface area is 94.6 Å². The first-order valence-electron chi connectivity index (χ1n) is 4.82. The lowest BCUT2D eigenvalue weighted by Crippen LogP contribution is -2.39. The minimum Gasteiger partial charge on any atom is -0.348 e. The van der Waals surface area contributed by atoms with Crippen molar-refractivity contribution in [1.29, 1.82) is 0 Å². The third kappa shape index (κ3) is 3.53. The van der Waals surface area contributed by atoms with E-state index in [0.717, 1.165) is 5.56 Å². The molecular weight excluding hydrogens is 212 g/mol. The summed E-state index contributed by atoms with van der Waals surface area (Å²) in [5.74, 6) is -0.155. The second-order valence-corrected chi connectivity index (χ2v) is 4.01. The topological polar surface area (TPSA) is 55.1 Å². The summed E-state index contributed by atoms with van der Waals surface area (Å²) in [5.41, 5.74) is 6.46. The summed E-state index contributed by atoms with van der Waals surface area (Å²) in [5, 5.41) is 3.49. The van der Waals surface area contributed by atoms with E-state index in [2.05, 4.69) is 5.32 Å². The molecule has 1 aromatic carbocycles. The quantitative estimate of drug-likeness (QED) is 0.827. The molecule has 1 aromatic rings. The fourth-order valence-electron chi connectivity index (χ4n) is 1.18. The van der Waals surface area contributed by atoms with Crippen LogP contribution in [0.2, 0.25) is 5.02 Å². The molecule has 0 saturated heterocycles. The van der Waals surface area contributed by atoms with Crippen molar-refractivity contribution in [3.8, 4) is 0 Å². The number of rotatable bonds is 3. The first-order valence-corrected chi connectivity index (χ1v) is 5.20. The summed E-state index contributed by atoms with van der Waals surface area (Å²) in [6.07, 6.45) is 0. The summed E-state index contributed by atoms with van der Waals surface area (Å²) in [6, 6.07) is 6.82. The number of benzene rings is 1. The van der Waals surface area contributed by atoms with Crippen molar-refractivity contribution in [2.75, 3.05) is 0 Å². The molecule has 0 aliphatic rings. The van der Waals surface area contributed by atoms with Gasteiger partial charge in [0.15, 0.2) is 0 Å². The molecule has 0 aromatic heterocycles. The third-order valence-corrected chi connectivity index (χ3v) is 2.39. The van der Waals surface area contributed by atoms with Crippen molar-refractivity contribution in [3.05, 3.63) is 34.9 Å². The highest BCUT2D eigenvalue weighted by Crippen LogP contribution is 2.15. The van der Waals surface area contributed by atoms with E-state index in [4.69, 9.17) is 17.3 Å². The molecule has 15 heavy (non-hydrogen) atoms. The normalized spacial score (nSPS) is 14.4. The van der Waals surface area contributed by atoms with E-state index >= 15 is 0 Å². The van der Waals surface area contributed by atoms with Crippen LogP contribution in [0.4, 0.5) is 0 Å². The zero-order valence-electron chi connectivity index (χ0n) is 8.83. The number of carbonyl (C=O) groups is 1. The number of nitrogens with one attached hydrogen (secondary N) is 1. The van der Waals surface area contributed by atoms with E-state index in [-0.39, 0.29) is 11.9 Å². The van der Waals surface area contributed by atoms with Gasteiger partial charge in [-0.15, -0.1) is 0 Å². The molecule has 3 nitrogen and oxygen atoms in total. The predicted molar refractivity (Wildman–Crippen MR) is 61.7 cm³/mol. The minimum atomic E-state index is -0.486. The van der Waals surface area contributed by atoms with Crippen LogP contribution in [-0.4, -0.2) is 11.9 Å². The molecule has 3 N–H and O–H groups in total. The largest absolute Gasteiger partial charge is 0.348 e. The second-order valence-electron chi connectivity index (χ2n) is 3.57. The number of carbonyl (C=O) groups excluding carboxylic acids is 1. The smallest absolute Gasteiger partial charge is 0.237 e. The SMILES string of the molecule is CC(N)C(=O)NC(C)c1ccc(Cl)cc1. The van der Waals surface area contributed by atoms with E-state index in [1.54, 1.807) is 19.1 Å². The lowest BCUT2D eigenvalue weighted by Gasteiger charge is -2.15. The van der Waals surface area contributed by atoms with E-state index in [0.29, 0.717) is 5.02 Å². The molecule has 2 unspecified atom stereocenters. The molecule has 0 spiro atoms. The van der Waals surface area contributed by atoms with Crippen LogP contribution < -0.4 is 11.1 Å². The Balaban J connectivity index is 2.65. The molecule has 1 amide bonds. The number of hydrogen-bond donors (Lipinski definition) is 2. The van der Waals surface area contributed by atoms with Crippen LogP contribution in [0.5, 0.6) is 0 Å². The maximum atomic E-state index is 11.3. The highest BCUT2D eigenvalue weighted by molar-refractivity contribution is 6.30. The van der Waals surface area contributed by atoms with Gasteiger partial charge >= 0.3 is 0 Å². The summed E-state index contributed by atoms with van der Waals surface area (Å²) in [7, 11) is 0. The predicted octanol–water partition coefficient (Wildman–Crippen LogP) is 1.86. The molecular formula is C11H15ClN2O. The van der Waals surface area contributed by atoms with Gasteiger partial charge in [-0.1, -0.05) is 23.7 Å². The maximum absolute atomic E-state index is 11.3. The molecule has 2 atom stereocenters. The fraction of sp³-hybridized carbons (Fsp3) is 0.364. The van der Waals surface area contributed by atoms with Gasteiger partial charge < -0.3 is 11.1 Å². The Morgan fingerprint density at radius 2 is 1.87 bits per heavy atom. The Hall–Kier alpha value is -1.06. The Morgan fingerprint density at radius 1 is 1.33 bits per heavy atom. The minimum absolute atomic E-state index is 0.0548. The average molecular weight is 227 g/mol. The van der Waals surface area contributed by atoms with Gasteiger partial charge in [-0.05, 0) is 31.5 Å². The van der Waals surface area contributed by atoms with Crippen molar-refractivity contribution in [2.24, 2.45) is 5.73 Å². The second kappa shape index (κ2) is 5.14. The fourth-order valence-corrected chi connectivity index (χ4v) is 1.31. The van der Waals surface area contributed by atoms with E-state index in [9.17, 15) is 4.79 Å². The number of amides is 1. The van der Waals surface area contributed by atoms with Crippen LogP contribution in [0.15, 0.2) is 24.3 Å². The first kappa shape index (κ1) is 12.0. The Morgan fingerprint density at radius 3 is 2.33 bits per heavy atom. The average Bonchev–Trinajstić information content (AvgIpc) is 2.18. The van der Waals surface area contributed by atoms with Crippen LogP contribution in [0, 0.1) is 0 Å². The van der Waals surface area contributed by atoms with Crippen molar-refractivity contribution in [3.63, 3.8) is 0 Å². The third-order valence-electron chi connectivity index (χ3n) is 2.14. The number of nitrogens with two attached hydrogens (primary N) is 1. The molecule has 4 heteroatoms. The van der Waals surface area contributed by atoms with Crippen LogP contribution in [0.1, 0.15) is 25.5 Å². The van der Waals surface area contributed by atoms with Crippen LogP contribution in [0.25, 0.3) is 0 Å². The Kier molecular flexibility index (Phi) is 4.12. The molecule has 1 rings (SSSR count). The molecule has 0 bridgehead atoms. The molecule has 82 valence electrons. The van der Waals surface area contributed by atoms with Gasteiger partial charge in [0.1, 0.15) is 0 Å². The van der Waals surface area contributed by atoms with Crippen LogP contribution >= 0.6 is 11.6 Å². The van der Waals surface area contributed by atoms with E-state index in [1.807, 2.05) is 19.1 Å². The first-order chi connectivity index (χ1) is 7.00. The zero-order chi connectivity index (χ0) is 11.4. The van der Waals surface area contributed by atoms with Crippen LogP contribution in [-0.2, 0) is 4.79 Å². The van der Waals surface area contributed by atoms with Gasteiger partial charge in [-0.3, -0.25) is 4.79 Å². The van der Waals surface area contributed by atoms with Crippen molar-refractivity contribution >= 4 is 17.5 Å². The number of halogens is 1. The lowest BCUT2D eigenvalue weighted by atomic mass is 10.1. The molecule has 0 radical (unpaired) electrons. The summed E-state index contributed by atoms with van der Waals surface area (Å²) < 4.78 is 0. The van der Waals surface area contributed by atoms with Gasteiger partial charge in [-0.25, -0.2) is 0 Å². The summed E-state index contributed by atoms with van der Waals surface area (Å²) >= 11 is 5.77. The molecule has 0 aliphatic carbocycles. The van der Waals surface area contributed by atoms with Crippen molar-refractivity contribution in [1.82, 2.24) is 5.32 Å².